The molecule has 16 heteroatoms. The topological polar surface area (TPSA) is 179 Å². The molecule has 0 N–H and O–H groups in total. The first kappa shape index (κ1) is 54.8. The molecule has 12 nitrogen and oxygen atoms in total. The molecule has 296 valence electrons. The smallest absolute Gasteiger partial charge is 0.726 e. The SMILES string of the molecule is CCCCCC[C@H](C)CCCCCCC(OS(=O)(=O)[O-])C(CCCCCCCCCCCCC(=O)N1CCCCC1C(=O)OC)OS(=O)(=O)[O-].[Na+].[Na+]. The number of carbonyl (C=O) groups excluding carboxylic acids is 2. The Morgan fingerprint density at radius 1 is 0.654 bits per heavy atom. The van der Waals surface area contributed by atoms with E-state index < -0.39 is 39.0 Å². The Morgan fingerprint density at radius 2 is 1.06 bits per heavy atom. The van der Waals surface area contributed by atoms with Crippen LogP contribution in [0.1, 0.15) is 181 Å². The summed E-state index contributed by atoms with van der Waals surface area (Å²) >= 11 is 0. The van der Waals surface area contributed by atoms with E-state index in [1.807, 2.05) is 0 Å². The van der Waals surface area contributed by atoms with Crippen LogP contribution in [-0.4, -0.2) is 74.6 Å². The van der Waals surface area contributed by atoms with Crippen molar-refractivity contribution in [3.05, 3.63) is 0 Å². The summed E-state index contributed by atoms with van der Waals surface area (Å²) in [6.07, 6.45) is 20.1. The number of carbonyl (C=O) groups is 2. The zero-order chi connectivity index (χ0) is 37.3. The maximum Gasteiger partial charge on any atom is 1.00 e. The molecule has 0 aliphatic carbocycles. The summed E-state index contributed by atoms with van der Waals surface area (Å²) in [6.45, 7) is 5.07. The van der Waals surface area contributed by atoms with Crippen LogP contribution in [0.4, 0.5) is 0 Å². The fraction of sp³-hybridized carbons (Fsp3) is 0.944. The number of nitrogens with zero attached hydrogens (tertiary/aromatic N) is 1. The molecule has 0 aromatic carbocycles. The van der Waals surface area contributed by atoms with Gasteiger partial charge in [-0.15, -0.1) is 0 Å². The molecule has 1 aliphatic heterocycles. The first-order valence-corrected chi connectivity index (χ1v) is 22.1. The second-order valence-corrected chi connectivity index (χ2v) is 16.2. The van der Waals surface area contributed by atoms with Gasteiger partial charge >= 0.3 is 65.1 Å². The molecule has 0 aromatic rings. The van der Waals surface area contributed by atoms with Crippen LogP contribution in [0.5, 0.6) is 0 Å². The third-order valence-corrected chi connectivity index (χ3v) is 10.8. The van der Waals surface area contributed by atoms with Gasteiger partial charge < -0.3 is 18.7 Å². The van der Waals surface area contributed by atoms with Crippen molar-refractivity contribution in [2.75, 3.05) is 13.7 Å². The van der Waals surface area contributed by atoms with Gasteiger partial charge in [0.05, 0.1) is 7.11 Å². The molecular weight excluding hydrogens is 733 g/mol. The molecule has 1 saturated heterocycles. The summed E-state index contributed by atoms with van der Waals surface area (Å²) in [5.41, 5.74) is 0. The van der Waals surface area contributed by atoms with E-state index in [0.717, 1.165) is 96.3 Å². The third kappa shape index (κ3) is 29.0. The van der Waals surface area contributed by atoms with Crippen molar-refractivity contribution in [2.45, 2.75) is 199 Å². The molecule has 0 spiro atoms. The van der Waals surface area contributed by atoms with Crippen LogP contribution in [0.3, 0.4) is 0 Å². The summed E-state index contributed by atoms with van der Waals surface area (Å²) in [5, 5.41) is 0. The molecule has 1 rings (SSSR count). The van der Waals surface area contributed by atoms with Crippen molar-refractivity contribution >= 4 is 32.7 Å². The van der Waals surface area contributed by atoms with E-state index in [1.54, 1.807) is 4.90 Å². The number of hydrogen-bond acceptors (Lipinski definition) is 11. The molecule has 0 aromatic heterocycles. The zero-order valence-electron chi connectivity index (χ0n) is 33.2. The van der Waals surface area contributed by atoms with E-state index in [9.17, 15) is 35.5 Å². The number of methoxy groups -OCH3 is 1. The van der Waals surface area contributed by atoms with Crippen LogP contribution in [0.25, 0.3) is 0 Å². The van der Waals surface area contributed by atoms with Crippen LogP contribution in [0.15, 0.2) is 0 Å². The van der Waals surface area contributed by atoms with Gasteiger partial charge in [-0.1, -0.05) is 136 Å². The quantitative estimate of drug-likeness (QED) is 0.0329. The van der Waals surface area contributed by atoms with E-state index in [4.69, 9.17) is 13.1 Å². The normalized spacial score (nSPS) is 16.7. The summed E-state index contributed by atoms with van der Waals surface area (Å²) in [7, 11) is -8.90. The number of esters is 1. The van der Waals surface area contributed by atoms with E-state index in [2.05, 4.69) is 13.8 Å². The molecule has 1 amide bonds. The average molecular weight is 800 g/mol. The van der Waals surface area contributed by atoms with Crippen LogP contribution < -0.4 is 59.1 Å². The van der Waals surface area contributed by atoms with Gasteiger partial charge in [-0.2, -0.15) is 0 Å². The molecular formula is C36H67NNa2O11S2. The number of piperidine rings is 1. The van der Waals surface area contributed by atoms with Crippen molar-refractivity contribution in [2.24, 2.45) is 5.92 Å². The second kappa shape index (κ2) is 32.7. The molecule has 0 radical (unpaired) electrons. The zero-order valence-corrected chi connectivity index (χ0v) is 38.8. The van der Waals surface area contributed by atoms with Crippen LogP contribution >= 0.6 is 0 Å². The van der Waals surface area contributed by atoms with Gasteiger partial charge in [0.2, 0.25) is 26.7 Å². The van der Waals surface area contributed by atoms with Crippen molar-refractivity contribution in [1.82, 2.24) is 4.90 Å². The van der Waals surface area contributed by atoms with E-state index in [1.165, 1.54) is 39.2 Å². The van der Waals surface area contributed by atoms with Gasteiger partial charge in [-0.3, -0.25) is 13.2 Å². The third-order valence-electron chi connectivity index (χ3n) is 9.81. The van der Waals surface area contributed by atoms with E-state index in [-0.39, 0.29) is 83.8 Å². The van der Waals surface area contributed by atoms with Gasteiger partial charge in [-0.05, 0) is 44.4 Å². The van der Waals surface area contributed by atoms with Gasteiger partial charge in [0.25, 0.3) is 0 Å². The second-order valence-electron chi connectivity index (χ2n) is 14.2. The predicted molar refractivity (Wildman–Crippen MR) is 192 cm³/mol. The molecule has 4 atom stereocenters. The summed E-state index contributed by atoms with van der Waals surface area (Å²) in [6, 6.07) is -0.452. The maximum absolute atomic E-state index is 12.7. The van der Waals surface area contributed by atoms with Crippen LogP contribution in [0.2, 0.25) is 0 Å². The Morgan fingerprint density at radius 3 is 1.48 bits per heavy atom. The predicted octanol–water partition coefficient (Wildman–Crippen LogP) is 1.87. The van der Waals surface area contributed by atoms with Gasteiger partial charge in [-0.25, -0.2) is 21.6 Å². The fourth-order valence-electron chi connectivity index (χ4n) is 6.94. The minimum Gasteiger partial charge on any atom is -0.726 e. The monoisotopic (exact) mass is 799 g/mol. The Bertz CT molecular complexity index is 1130. The first-order chi connectivity index (χ1) is 23.8. The van der Waals surface area contributed by atoms with Crippen molar-refractivity contribution in [3.8, 4) is 0 Å². The van der Waals surface area contributed by atoms with Gasteiger partial charge in [0, 0.05) is 13.0 Å². The van der Waals surface area contributed by atoms with Gasteiger partial charge in [0.15, 0.2) is 0 Å². The van der Waals surface area contributed by atoms with Crippen molar-refractivity contribution < 1.29 is 108 Å². The van der Waals surface area contributed by atoms with Crippen LogP contribution in [-0.2, 0) is 43.5 Å². The first-order valence-electron chi connectivity index (χ1n) is 19.4. The Kier molecular flexibility index (Phi) is 34.5. The average Bonchev–Trinajstić information content (AvgIpc) is 3.06. The Labute approximate surface area is 360 Å². The number of ether oxygens (including phenoxy) is 1. The molecule has 0 saturated carbocycles. The standard InChI is InChI=1S/C36H69NO11S2.2Na/c1-4-5-6-17-24-31(2)25-18-15-16-20-28-34(48-50(43,44)45)33(47-49(40,41)42)27-19-13-11-9-7-8-10-12-14-21-29-35(38)37-30-23-22-26-32(37)36(39)46-3;;/h31-34H,4-30H2,1-3H3,(H,40,41,42)(H,43,44,45);;/q;2*+1/p-2/t31-,32?,33?,34?;;/m0../s1. The summed E-state index contributed by atoms with van der Waals surface area (Å²) in [5.74, 6) is 0.341. The summed E-state index contributed by atoms with van der Waals surface area (Å²) < 4.78 is 83.1. The number of amides is 1. The molecule has 52 heavy (non-hydrogen) atoms. The van der Waals surface area contributed by atoms with E-state index in [0.29, 0.717) is 38.1 Å². The maximum atomic E-state index is 12.7. The minimum atomic E-state index is -5.13. The minimum absolute atomic E-state index is 0. The number of likely N-dealkylation sites (tertiary alicyclic amines) is 1. The molecule has 1 heterocycles. The number of hydrogen-bond donors (Lipinski definition) is 0. The van der Waals surface area contributed by atoms with Crippen LogP contribution in [0, 0.1) is 5.92 Å². The molecule has 1 fully saturated rings. The fourth-order valence-corrected chi connectivity index (χ4v) is 7.99. The number of unbranched alkanes of at least 4 members (excludes halogenated alkanes) is 15. The largest absolute Gasteiger partial charge is 1.00 e. The Hall–Kier alpha value is 0.680. The van der Waals surface area contributed by atoms with E-state index >= 15 is 0 Å². The van der Waals surface area contributed by atoms with Crippen molar-refractivity contribution in [1.29, 1.82) is 0 Å². The van der Waals surface area contributed by atoms with Crippen molar-refractivity contribution in [3.63, 3.8) is 0 Å². The molecule has 3 unspecified atom stereocenters. The Balaban J connectivity index is 0. The summed E-state index contributed by atoms with van der Waals surface area (Å²) in [4.78, 5) is 26.3. The van der Waals surface area contributed by atoms with Gasteiger partial charge in [0.1, 0.15) is 18.2 Å². The number of rotatable bonds is 31. The molecule has 0 bridgehead atoms. The molecule has 1 aliphatic rings.